The molecule has 0 amide bonds. The van der Waals surface area contributed by atoms with Gasteiger partial charge in [0.2, 0.25) is 0 Å². The molecule has 2 rings (SSSR count). The normalized spacial score (nSPS) is 27.2. The van der Waals surface area contributed by atoms with Crippen molar-refractivity contribution in [1.29, 1.82) is 0 Å². The molecule has 0 radical (unpaired) electrons. The van der Waals surface area contributed by atoms with Gasteiger partial charge in [-0.2, -0.15) is 0 Å². The fourth-order valence-electron chi connectivity index (χ4n) is 2.88. The topological polar surface area (TPSA) is 20.2 Å². The summed E-state index contributed by atoms with van der Waals surface area (Å²) in [5.74, 6) is -0.894. The van der Waals surface area contributed by atoms with Crippen molar-refractivity contribution in [3.05, 3.63) is 35.4 Å². The van der Waals surface area contributed by atoms with Gasteiger partial charge >= 0.3 is 0 Å². The van der Waals surface area contributed by atoms with Gasteiger partial charge in [-0.05, 0) is 42.0 Å². The second kappa shape index (κ2) is 4.61. The SMILES string of the molecule is CC1(C)CCCCC1(O)Cc1cc(F)ccc1F. The number of benzene rings is 1. The molecule has 0 aromatic heterocycles. The Kier molecular flexibility index (Phi) is 3.45. The molecule has 1 aliphatic carbocycles. The van der Waals surface area contributed by atoms with E-state index in [4.69, 9.17) is 0 Å². The lowest BCUT2D eigenvalue weighted by Gasteiger charge is -2.46. The standard InChI is InChI=1S/C15H20F2O/c1-14(2)7-3-4-8-15(14,18)10-11-9-12(16)5-6-13(11)17/h5-6,9,18H,3-4,7-8,10H2,1-2H3. The third-order valence-electron chi connectivity index (χ3n) is 4.39. The first-order chi connectivity index (χ1) is 8.34. The lowest BCUT2D eigenvalue weighted by atomic mass is 9.63. The van der Waals surface area contributed by atoms with Crippen molar-refractivity contribution in [2.45, 2.75) is 51.6 Å². The van der Waals surface area contributed by atoms with E-state index in [1.807, 2.05) is 13.8 Å². The van der Waals surface area contributed by atoms with Crippen molar-refractivity contribution < 1.29 is 13.9 Å². The number of aliphatic hydroxyl groups is 1. The van der Waals surface area contributed by atoms with E-state index in [9.17, 15) is 13.9 Å². The van der Waals surface area contributed by atoms with Crippen LogP contribution in [0.15, 0.2) is 18.2 Å². The Morgan fingerprint density at radius 3 is 2.50 bits per heavy atom. The molecule has 1 saturated carbocycles. The Morgan fingerprint density at radius 1 is 1.17 bits per heavy atom. The Bertz CT molecular complexity index is 442. The average molecular weight is 254 g/mol. The molecule has 0 bridgehead atoms. The lowest BCUT2D eigenvalue weighted by molar-refractivity contribution is -0.0962. The van der Waals surface area contributed by atoms with Crippen molar-refractivity contribution >= 4 is 0 Å². The van der Waals surface area contributed by atoms with Crippen LogP contribution < -0.4 is 0 Å². The lowest BCUT2D eigenvalue weighted by Crippen LogP contribution is -2.49. The summed E-state index contributed by atoms with van der Waals surface area (Å²) < 4.78 is 26.8. The molecular weight excluding hydrogens is 234 g/mol. The molecule has 100 valence electrons. The molecule has 1 aromatic rings. The third-order valence-corrected chi connectivity index (χ3v) is 4.39. The summed E-state index contributed by atoms with van der Waals surface area (Å²) in [7, 11) is 0. The largest absolute Gasteiger partial charge is 0.389 e. The average Bonchev–Trinajstić information content (AvgIpc) is 2.28. The molecule has 1 aliphatic rings. The zero-order chi connectivity index (χ0) is 13.4. The fraction of sp³-hybridized carbons (Fsp3) is 0.600. The molecule has 1 unspecified atom stereocenters. The number of hydrogen-bond donors (Lipinski definition) is 1. The van der Waals surface area contributed by atoms with Gasteiger partial charge in [-0.3, -0.25) is 0 Å². The van der Waals surface area contributed by atoms with Gasteiger partial charge in [0.15, 0.2) is 0 Å². The zero-order valence-electron chi connectivity index (χ0n) is 11.0. The van der Waals surface area contributed by atoms with Crippen LogP contribution in [0.2, 0.25) is 0 Å². The smallest absolute Gasteiger partial charge is 0.126 e. The van der Waals surface area contributed by atoms with Crippen molar-refractivity contribution in [2.75, 3.05) is 0 Å². The van der Waals surface area contributed by atoms with Gasteiger partial charge in [0, 0.05) is 6.42 Å². The Morgan fingerprint density at radius 2 is 1.83 bits per heavy atom. The number of rotatable bonds is 2. The van der Waals surface area contributed by atoms with Gasteiger partial charge < -0.3 is 5.11 Å². The minimum absolute atomic E-state index is 0.184. The van der Waals surface area contributed by atoms with E-state index in [1.54, 1.807) is 0 Å². The minimum atomic E-state index is -0.945. The summed E-state index contributed by atoms with van der Waals surface area (Å²) in [6, 6.07) is 3.43. The van der Waals surface area contributed by atoms with Gasteiger partial charge in [-0.15, -0.1) is 0 Å². The van der Waals surface area contributed by atoms with Gasteiger partial charge in [-0.25, -0.2) is 8.78 Å². The van der Waals surface area contributed by atoms with E-state index in [2.05, 4.69) is 0 Å². The summed E-state index contributed by atoms with van der Waals surface area (Å²) >= 11 is 0. The van der Waals surface area contributed by atoms with E-state index in [1.165, 1.54) is 6.07 Å². The Balaban J connectivity index is 2.28. The van der Waals surface area contributed by atoms with Crippen LogP contribution in [0.5, 0.6) is 0 Å². The Hall–Kier alpha value is -0.960. The van der Waals surface area contributed by atoms with E-state index >= 15 is 0 Å². The maximum Gasteiger partial charge on any atom is 0.126 e. The summed E-state index contributed by atoms with van der Waals surface area (Å²) in [6.45, 7) is 4.01. The maximum absolute atomic E-state index is 13.7. The summed E-state index contributed by atoms with van der Waals surface area (Å²) in [5, 5.41) is 10.8. The zero-order valence-corrected chi connectivity index (χ0v) is 11.0. The molecule has 3 heteroatoms. The van der Waals surface area contributed by atoms with Crippen LogP contribution in [-0.4, -0.2) is 10.7 Å². The second-order valence-electron chi connectivity index (χ2n) is 6.04. The molecule has 1 nitrogen and oxygen atoms in total. The molecule has 1 atom stereocenters. The molecule has 1 N–H and O–H groups in total. The van der Waals surface area contributed by atoms with Crippen molar-refractivity contribution in [3.8, 4) is 0 Å². The minimum Gasteiger partial charge on any atom is -0.389 e. The van der Waals surface area contributed by atoms with Crippen LogP contribution in [0.3, 0.4) is 0 Å². The predicted molar refractivity (Wildman–Crippen MR) is 67.3 cm³/mol. The van der Waals surface area contributed by atoms with Crippen LogP contribution in [0, 0.1) is 17.0 Å². The summed E-state index contributed by atoms with van der Waals surface area (Å²) in [6.07, 6.45) is 3.78. The summed E-state index contributed by atoms with van der Waals surface area (Å²) in [5.41, 5.74) is -0.934. The van der Waals surface area contributed by atoms with Gasteiger partial charge in [0.1, 0.15) is 11.6 Å². The molecule has 0 aliphatic heterocycles. The Labute approximate surface area is 107 Å². The molecule has 1 fully saturated rings. The highest BCUT2D eigenvalue weighted by Gasteiger charge is 2.45. The first-order valence-corrected chi connectivity index (χ1v) is 6.50. The van der Waals surface area contributed by atoms with Crippen molar-refractivity contribution in [1.82, 2.24) is 0 Å². The van der Waals surface area contributed by atoms with Crippen molar-refractivity contribution in [3.63, 3.8) is 0 Å². The quantitative estimate of drug-likeness (QED) is 0.850. The molecule has 0 spiro atoms. The highest BCUT2D eigenvalue weighted by Crippen LogP contribution is 2.45. The number of halogens is 2. The highest BCUT2D eigenvalue weighted by molar-refractivity contribution is 5.22. The van der Waals surface area contributed by atoms with Crippen LogP contribution in [-0.2, 0) is 6.42 Å². The molecule has 0 saturated heterocycles. The van der Waals surface area contributed by atoms with E-state index in [0.29, 0.717) is 6.42 Å². The predicted octanol–water partition coefficient (Wildman–Crippen LogP) is 3.84. The first kappa shape index (κ1) is 13.5. The number of hydrogen-bond acceptors (Lipinski definition) is 1. The van der Waals surface area contributed by atoms with E-state index < -0.39 is 17.2 Å². The molecule has 1 aromatic carbocycles. The fourth-order valence-corrected chi connectivity index (χ4v) is 2.88. The van der Waals surface area contributed by atoms with Gasteiger partial charge in [0.25, 0.3) is 0 Å². The molecule has 0 heterocycles. The first-order valence-electron chi connectivity index (χ1n) is 6.50. The van der Waals surface area contributed by atoms with Gasteiger partial charge in [0.05, 0.1) is 5.60 Å². The summed E-state index contributed by atoms with van der Waals surface area (Å²) in [4.78, 5) is 0. The van der Waals surface area contributed by atoms with Crippen LogP contribution in [0.25, 0.3) is 0 Å². The molecular formula is C15H20F2O. The maximum atomic E-state index is 13.7. The van der Waals surface area contributed by atoms with E-state index in [-0.39, 0.29) is 17.4 Å². The van der Waals surface area contributed by atoms with Gasteiger partial charge in [-0.1, -0.05) is 26.7 Å². The van der Waals surface area contributed by atoms with Crippen LogP contribution >= 0.6 is 0 Å². The van der Waals surface area contributed by atoms with Crippen LogP contribution in [0.1, 0.15) is 45.1 Å². The van der Waals surface area contributed by atoms with Crippen LogP contribution in [0.4, 0.5) is 8.78 Å². The molecule has 18 heavy (non-hydrogen) atoms. The van der Waals surface area contributed by atoms with Crippen molar-refractivity contribution in [2.24, 2.45) is 5.41 Å². The van der Waals surface area contributed by atoms with E-state index in [0.717, 1.165) is 31.4 Å². The monoisotopic (exact) mass is 254 g/mol. The second-order valence-corrected chi connectivity index (χ2v) is 6.04. The third kappa shape index (κ3) is 2.41. The highest BCUT2D eigenvalue weighted by atomic mass is 19.1.